The SMILES string of the molecule is O=C/C=C/[C@H]1O[C@@H]1c1cccc(Cl)c1. The van der Waals surface area contributed by atoms with Gasteiger partial charge < -0.3 is 4.74 Å². The number of epoxide rings is 1. The molecule has 0 aromatic heterocycles. The van der Waals surface area contributed by atoms with E-state index in [1.54, 1.807) is 6.08 Å². The van der Waals surface area contributed by atoms with E-state index in [4.69, 9.17) is 16.3 Å². The lowest BCUT2D eigenvalue weighted by Crippen LogP contribution is -1.84. The van der Waals surface area contributed by atoms with Gasteiger partial charge in [-0.2, -0.15) is 0 Å². The molecule has 1 aromatic rings. The van der Waals surface area contributed by atoms with Gasteiger partial charge in [-0.15, -0.1) is 0 Å². The zero-order valence-corrected chi connectivity index (χ0v) is 8.15. The third kappa shape index (κ3) is 2.03. The molecule has 2 atom stereocenters. The van der Waals surface area contributed by atoms with Gasteiger partial charge in [0, 0.05) is 5.02 Å². The fraction of sp³-hybridized carbons (Fsp3) is 0.182. The molecule has 0 saturated carbocycles. The van der Waals surface area contributed by atoms with Gasteiger partial charge in [0.2, 0.25) is 0 Å². The lowest BCUT2D eigenvalue weighted by atomic mass is 10.1. The van der Waals surface area contributed by atoms with Crippen molar-refractivity contribution in [1.82, 2.24) is 0 Å². The standard InChI is InChI=1S/C11H9ClO2/c12-9-4-1-3-8(7-9)11-10(14-11)5-2-6-13/h1-7,10-11H/b5-2+/t10-,11-/m1/s1. The van der Waals surface area contributed by atoms with E-state index in [1.165, 1.54) is 6.08 Å². The second kappa shape index (κ2) is 3.95. The second-order valence-electron chi connectivity index (χ2n) is 3.10. The highest BCUT2D eigenvalue weighted by Gasteiger charge is 2.37. The van der Waals surface area contributed by atoms with Crippen LogP contribution >= 0.6 is 11.6 Å². The minimum Gasteiger partial charge on any atom is -0.360 e. The lowest BCUT2D eigenvalue weighted by Gasteiger charge is -1.94. The smallest absolute Gasteiger partial charge is 0.142 e. The Kier molecular flexibility index (Phi) is 2.66. The maximum Gasteiger partial charge on any atom is 0.142 e. The maximum atomic E-state index is 10.1. The summed E-state index contributed by atoms with van der Waals surface area (Å²) in [7, 11) is 0. The average Bonchev–Trinajstić information content (AvgIpc) is 2.94. The van der Waals surface area contributed by atoms with Crippen LogP contribution in [-0.4, -0.2) is 12.4 Å². The summed E-state index contributed by atoms with van der Waals surface area (Å²) in [5.74, 6) is 0. The Morgan fingerprint density at radius 2 is 2.29 bits per heavy atom. The summed E-state index contributed by atoms with van der Waals surface area (Å²) in [5, 5.41) is 0.705. The van der Waals surface area contributed by atoms with Gasteiger partial charge in [0.25, 0.3) is 0 Å². The molecule has 2 nitrogen and oxygen atoms in total. The minimum absolute atomic E-state index is 0.0265. The summed E-state index contributed by atoms with van der Waals surface area (Å²) in [6, 6.07) is 7.55. The van der Waals surface area contributed by atoms with Crippen LogP contribution in [0.25, 0.3) is 0 Å². The number of hydrogen-bond donors (Lipinski definition) is 0. The molecule has 1 aliphatic rings. The minimum atomic E-state index is 0.0265. The number of carbonyl (C=O) groups is 1. The Hall–Kier alpha value is -1.12. The van der Waals surface area contributed by atoms with E-state index >= 15 is 0 Å². The maximum absolute atomic E-state index is 10.1. The van der Waals surface area contributed by atoms with E-state index in [9.17, 15) is 4.79 Å². The molecule has 2 rings (SSSR count). The van der Waals surface area contributed by atoms with E-state index < -0.39 is 0 Å². The Bertz CT molecular complexity index is 373. The molecular formula is C11H9ClO2. The van der Waals surface area contributed by atoms with Crippen molar-refractivity contribution < 1.29 is 9.53 Å². The van der Waals surface area contributed by atoms with Crippen molar-refractivity contribution in [2.24, 2.45) is 0 Å². The second-order valence-corrected chi connectivity index (χ2v) is 3.53. The normalized spacial score (nSPS) is 25.2. The van der Waals surface area contributed by atoms with Crippen molar-refractivity contribution >= 4 is 17.9 Å². The average molecular weight is 209 g/mol. The quantitative estimate of drug-likeness (QED) is 0.434. The van der Waals surface area contributed by atoms with Crippen LogP contribution in [0.1, 0.15) is 11.7 Å². The van der Waals surface area contributed by atoms with Crippen LogP contribution in [0.15, 0.2) is 36.4 Å². The number of ether oxygens (including phenoxy) is 1. The predicted octanol–water partition coefficient (Wildman–Crippen LogP) is 2.54. The van der Waals surface area contributed by atoms with E-state index in [-0.39, 0.29) is 12.2 Å². The molecular weight excluding hydrogens is 200 g/mol. The van der Waals surface area contributed by atoms with E-state index in [0.717, 1.165) is 11.8 Å². The van der Waals surface area contributed by atoms with Gasteiger partial charge in [0.15, 0.2) is 0 Å². The monoisotopic (exact) mass is 208 g/mol. The molecule has 72 valence electrons. The Morgan fingerprint density at radius 3 is 3.00 bits per heavy atom. The highest BCUT2D eigenvalue weighted by Crippen LogP contribution is 2.39. The summed E-state index contributed by atoms with van der Waals surface area (Å²) < 4.78 is 5.36. The molecule has 0 N–H and O–H groups in total. The first-order valence-corrected chi connectivity index (χ1v) is 4.72. The largest absolute Gasteiger partial charge is 0.360 e. The Morgan fingerprint density at radius 1 is 1.43 bits per heavy atom. The molecule has 14 heavy (non-hydrogen) atoms. The molecule has 3 heteroatoms. The lowest BCUT2D eigenvalue weighted by molar-refractivity contribution is -0.104. The molecule has 0 aliphatic carbocycles. The number of aldehydes is 1. The number of carbonyl (C=O) groups excluding carboxylic acids is 1. The van der Waals surface area contributed by atoms with Crippen molar-refractivity contribution in [1.29, 1.82) is 0 Å². The summed E-state index contributed by atoms with van der Waals surface area (Å²) in [6.45, 7) is 0. The molecule has 0 radical (unpaired) electrons. The summed E-state index contributed by atoms with van der Waals surface area (Å²) in [4.78, 5) is 10.1. The fourth-order valence-corrected chi connectivity index (χ4v) is 1.58. The summed E-state index contributed by atoms with van der Waals surface area (Å²) in [6.07, 6.45) is 4.04. The molecule has 1 saturated heterocycles. The van der Waals surface area contributed by atoms with Crippen LogP contribution in [0, 0.1) is 0 Å². The molecule has 0 unspecified atom stereocenters. The van der Waals surface area contributed by atoms with Gasteiger partial charge in [-0.3, -0.25) is 4.79 Å². The van der Waals surface area contributed by atoms with Crippen LogP contribution < -0.4 is 0 Å². The van der Waals surface area contributed by atoms with Crippen molar-refractivity contribution in [3.8, 4) is 0 Å². The number of allylic oxidation sites excluding steroid dienone is 1. The van der Waals surface area contributed by atoms with Crippen LogP contribution in [0.3, 0.4) is 0 Å². The fourth-order valence-electron chi connectivity index (χ4n) is 1.38. The van der Waals surface area contributed by atoms with Gasteiger partial charge in [0.05, 0.1) is 0 Å². The number of halogens is 1. The van der Waals surface area contributed by atoms with Gasteiger partial charge in [0.1, 0.15) is 18.5 Å². The van der Waals surface area contributed by atoms with Crippen molar-refractivity contribution in [2.45, 2.75) is 12.2 Å². The first kappa shape index (κ1) is 9.44. The van der Waals surface area contributed by atoms with Gasteiger partial charge >= 0.3 is 0 Å². The zero-order chi connectivity index (χ0) is 9.97. The highest BCUT2D eigenvalue weighted by molar-refractivity contribution is 6.30. The van der Waals surface area contributed by atoms with Gasteiger partial charge in [-0.05, 0) is 29.8 Å². The van der Waals surface area contributed by atoms with E-state index in [0.29, 0.717) is 5.02 Å². The highest BCUT2D eigenvalue weighted by atomic mass is 35.5. The molecule has 1 aromatic carbocycles. The summed E-state index contributed by atoms with van der Waals surface area (Å²) >= 11 is 5.84. The topological polar surface area (TPSA) is 29.6 Å². The van der Waals surface area contributed by atoms with Crippen molar-refractivity contribution in [3.63, 3.8) is 0 Å². The molecule has 0 bridgehead atoms. The van der Waals surface area contributed by atoms with Crippen molar-refractivity contribution in [3.05, 3.63) is 47.0 Å². The van der Waals surface area contributed by atoms with Gasteiger partial charge in [-0.25, -0.2) is 0 Å². The first-order valence-electron chi connectivity index (χ1n) is 4.34. The zero-order valence-electron chi connectivity index (χ0n) is 7.39. The van der Waals surface area contributed by atoms with Crippen LogP contribution in [-0.2, 0) is 9.53 Å². The number of benzene rings is 1. The van der Waals surface area contributed by atoms with Gasteiger partial charge in [-0.1, -0.05) is 23.7 Å². The molecule has 0 spiro atoms. The molecule has 0 amide bonds. The summed E-state index contributed by atoms with van der Waals surface area (Å²) in [5.41, 5.74) is 1.05. The molecule has 1 fully saturated rings. The number of rotatable bonds is 3. The Labute approximate surface area is 87.1 Å². The molecule has 1 heterocycles. The van der Waals surface area contributed by atoms with E-state index in [1.807, 2.05) is 24.3 Å². The van der Waals surface area contributed by atoms with Crippen LogP contribution in [0.5, 0.6) is 0 Å². The first-order chi connectivity index (χ1) is 6.81. The predicted molar refractivity (Wildman–Crippen MR) is 54.3 cm³/mol. The van der Waals surface area contributed by atoms with Crippen molar-refractivity contribution in [2.75, 3.05) is 0 Å². The molecule has 1 aliphatic heterocycles. The Balaban J connectivity index is 2.05. The number of hydrogen-bond acceptors (Lipinski definition) is 2. The third-order valence-electron chi connectivity index (χ3n) is 2.08. The third-order valence-corrected chi connectivity index (χ3v) is 2.32. The van der Waals surface area contributed by atoms with Crippen LogP contribution in [0.2, 0.25) is 5.02 Å². The van der Waals surface area contributed by atoms with E-state index in [2.05, 4.69) is 0 Å². The van der Waals surface area contributed by atoms with Crippen LogP contribution in [0.4, 0.5) is 0 Å².